The minimum Gasteiger partial charge on any atom is -0.286 e. The molecule has 2 aliphatic heterocycles. The summed E-state index contributed by atoms with van der Waals surface area (Å²) in [5.74, 6) is -0.560. The smallest absolute Gasteiger partial charge is 0.262 e. The lowest BCUT2D eigenvalue weighted by Crippen LogP contribution is -2.41. The van der Waals surface area contributed by atoms with E-state index in [-0.39, 0.29) is 11.8 Å². The first-order valence-electron chi connectivity index (χ1n) is 7.15. The third-order valence-corrected chi connectivity index (χ3v) is 4.77. The molecule has 0 unspecified atom stereocenters. The summed E-state index contributed by atoms with van der Waals surface area (Å²) in [6.45, 7) is 2.20. The SMILES string of the molecule is O=C1c2cc(Cl)c(Cl)cc2C(=O)N1CN1CCCCCC1. The number of imide groups is 1. The van der Waals surface area contributed by atoms with Gasteiger partial charge in [0.05, 0.1) is 27.8 Å². The highest BCUT2D eigenvalue weighted by molar-refractivity contribution is 6.43. The van der Waals surface area contributed by atoms with Gasteiger partial charge in [-0.3, -0.25) is 19.4 Å². The van der Waals surface area contributed by atoms with Crippen molar-refractivity contribution < 1.29 is 9.59 Å². The lowest BCUT2D eigenvalue weighted by molar-refractivity contribution is 0.0544. The molecule has 2 amide bonds. The summed E-state index contributed by atoms with van der Waals surface area (Å²) < 4.78 is 0. The second-order valence-corrected chi connectivity index (χ2v) is 6.34. The topological polar surface area (TPSA) is 40.6 Å². The minimum absolute atomic E-state index is 0.280. The fraction of sp³-hybridized carbons (Fsp3) is 0.467. The van der Waals surface area contributed by atoms with Crippen LogP contribution in [0.15, 0.2) is 12.1 Å². The molecule has 1 fully saturated rings. The Morgan fingerprint density at radius 2 is 1.33 bits per heavy atom. The molecular formula is C15H16Cl2N2O2. The molecule has 1 saturated heterocycles. The number of halogens is 2. The Bertz CT molecular complexity index is 555. The Kier molecular flexibility index (Phi) is 4.20. The normalized spacial score (nSPS) is 19.8. The van der Waals surface area contributed by atoms with Crippen molar-refractivity contribution >= 4 is 35.0 Å². The number of fused-ring (bicyclic) bond motifs is 1. The summed E-state index contributed by atoms with van der Waals surface area (Å²) >= 11 is 11.9. The van der Waals surface area contributed by atoms with Crippen LogP contribution in [-0.2, 0) is 0 Å². The molecule has 6 heteroatoms. The molecule has 2 aliphatic rings. The van der Waals surface area contributed by atoms with Gasteiger partial charge in [0.2, 0.25) is 0 Å². The van der Waals surface area contributed by atoms with E-state index in [9.17, 15) is 9.59 Å². The number of hydrogen-bond acceptors (Lipinski definition) is 3. The molecule has 4 nitrogen and oxygen atoms in total. The number of hydrogen-bond donors (Lipinski definition) is 0. The third-order valence-electron chi connectivity index (χ3n) is 4.05. The summed E-state index contributed by atoms with van der Waals surface area (Å²) in [5.41, 5.74) is 0.702. The Hall–Kier alpha value is -1.10. The van der Waals surface area contributed by atoms with Crippen LogP contribution in [0.2, 0.25) is 10.0 Å². The summed E-state index contributed by atoms with van der Waals surface area (Å²) in [5, 5.41) is 0.598. The van der Waals surface area contributed by atoms with E-state index in [4.69, 9.17) is 23.2 Å². The van der Waals surface area contributed by atoms with Gasteiger partial charge in [0.25, 0.3) is 11.8 Å². The molecule has 0 N–H and O–H groups in total. The van der Waals surface area contributed by atoms with Crippen LogP contribution in [0.25, 0.3) is 0 Å². The zero-order valence-corrected chi connectivity index (χ0v) is 13.1. The highest BCUT2D eigenvalue weighted by atomic mass is 35.5. The van der Waals surface area contributed by atoms with Crippen molar-refractivity contribution in [1.29, 1.82) is 0 Å². The summed E-state index contributed by atoms with van der Waals surface area (Å²) in [7, 11) is 0. The maximum atomic E-state index is 12.4. The average molecular weight is 327 g/mol. The fourth-order valence-electron chi connectivity index (χ4n) is 2.89. The van der Waals surface area contributed by atoms with Crippen molar-refractivity contribution in [3.05, 3.63) is 33.3 Å². The van der Waals surface area contributed by atoms with Crippen molar-refractivity contribution in [2.75, 3.05) is 19.8 Å². The van der Waals surface area contributed by atoms with Gasteiger partial charge in [0, 0.05) is 0 Å². The van der Waals surface area contributed by atoms with Crippen molar-refractivity contribution in [1.82, 2.24) is 9.80 Å². The number of amides is 2. The maximum absolute atomic E-state index is 12.4. The van der Waals surface area contributed by atoms with Gasteiger partial charge in [-0.15, -0.1) is 0 Å². The molecule has 21 heavy (non-hydrogen) atoms. The Labute approximate surface area is 133 Å². The van der Waals surface area contributed by atoms with Crippen molar-refractivity contribution in [3.63, 3.8) is 0 Å². The molecule has 0 aliphatic carbocycles. The quantitative estimate of drug-likeness (QED) is 0.782. The van der Waals surface area contributed by atoms with E-state index >= 15 is 0 Å². The van der Waals surface area contributed by atoms with Crippen LogP contribution in [0.4, 0.5) is 0 Å². The first-order chi connectivity index (χ1) is 10.1. The first kappa shape index (κ1) is 14.8. The van der Waals surface area contributed by atoms with E-state index in [2.05, 4.69) is 4.90 Å². The molecule has 0 bridgehead atoms. The van der Waals surface area contributed by atoms with Gasteiger partial charge in [0.15, 0.2) is 0 Å². The molecule has 0 saturated carbocycles. The maximum Gasteiger partial charge on any atom is 0.262 e. The molecule has 112 valence electrons. The molecule has 0 atom stereocenters. The fourth-order valence-corrected chi connectivity index (χ4v) is 3.22. The molecule has 0 spiro atoms. The van der Waals surface area contributed by atoms with Crippen LogP contribution in [0.3, 0.4) is 0 Å². The number of carbonyl (C=O) groups excluding carboxylic acids is 2. The van der Waals surface area contributed by atoms with Gasteiger partial charge in [-0.2, -0.15) is 0 Å². The van der Waals surface area contributed by atoms with Gasteiger partial charge >= 0.3 is 0 Å². The number of benzene rings is 1. The molecule has 2 heterocycles. The number of carbonyl (C=O) groups is 2. The second kappa shape index (κ2) is 5.95. The van der Waals surface area contributed by atoms with Crippen LogP contribution in [0.5, 0.6) is 0 Å². The Balaban J connectivity index is 1.82. The molecule has 0 aromatic heterocycles. The third kappa shape index (κ3) is 2.80. The molecule has 1 aromatic rings. The largest absolute Gasteiger partial charge is 0.286 e. The summed E-state index contributed by atoms with van der Waals surface area (Å²) in [6.07, 6.45) is 4.65. The zero-order valence-electron chi connectivity index (χ0n) is 11.6. The molecule has 1 aromatic carbocycles. The highest BCUT2D eigenvalue weighted by Crippen LogP contribution is 2.31. The Morgan fingerprint density at radius 1 is 0.857 bits per heavy atom. The van der Waals surface area contributed by atoms with Gasteiger partial charge in [-0.1, -0.05) is 36.0 Å². The van der Waals surface area contributed by atoms with E-state index in [1.807, 2.05) is 0 Å². The number of rotatable bonds is 2. The number of nitrogens with zero attached hydrogens (tertiary/aromatic N) is 2. The summed E-state index contributed by atoms with van der Waals surface area (Å²) in [4.78, 5) is 28.3. The van der Waals surface area contributed by atoms with Crippen LogP contribution >= 0.6 is 23.2 Å². The highest BCUT2D eigenvalue weighted by Gasteiger charge is 2.37. The first-order valence-corrected chi connectivity index (χ1v) is 7.91. The summed E-state index contributed by atoms with van der Waals surface area (Å²) in [6, 6.07) is 2.98. The standard InChI is InChI=1S/C15H16Cl2N2O2/c16-12-7-10-11(8-13(12)17)15(21)19(14(10)20)9-18-5-3-1-2-4-6-18/h7-8H,1-6,9H2. The number of likely N-dealkylation sites (tertiary alicyclic amines) is 1. The van der Waals surface area contributed by atoms with E-state index in [1.54, 1.807) is 0 Å². The predicted molar refractivity (Wildman–Crippen MR) is 81.9 cm³/mol. The van der Waals surface area contributed by atoms with Crippen molar-refractivity contribution in [2.45, 2.75) is 25.7 Å². The van der Waals surface area contributed by atoms with E-state index in [0.717, 1.165) is 25.9 Å². The lowest BCUT2D eigenvalue weighted by atomic mass is 10.1. The zero-order chi connectivity index (χ0) is 15.0. The monoisotopic (exact) mass is 326 g/mol. The molecular weight excluding hydrogens is 311 g/mol. The van der Waals surface area contributed by atoms with Gasteiger partial charge in [-0.05, 0) is 38.1 Å². The van der Waals surface area contributed by atoms with E-state index < -0.39 is 0 Å². The predicted octanol–water partition coefficient (Wildman–Crippen LogP) is 3.42. The van der Waals surface area contributed by atoms with Crippen LogP contribution in [0, 0.1) is 0 Å². The van der Waals surface area contributed by atoms with Crippen molar-refractivity contribution in [3.8, 4) is 0 Å². The van der Waals surface area contributed by atoms with Gasteiger partial charge in [0.1, 0.15) is 0 Å². The average Bonchev–Trinajstić information content (AvgIpc) is 2.68. The van der Waals surface area contributed by atoms with Gasteiger partial charge in [-0.25, -0.2) is 0 Å². The molecule has 0 radical (unpaired) electrons. The lowest BCUT2D eigenvalue weighted by Gasteiger charge is -2.25. The van der Waals surface area contributed by atoms with E-state index in [1.165, 1.54) is 29.9 Å². The molecule has 3 rings (SSSR count). The minimum atomic E-state index is -0.280. The van der Waals surface area contributed by atoms with Crippen molar-refractivity contribution in [2.24, 2.45) is 0 Å². The second-order valence-electron chi connectivity index (χ2n) is 5.52. The van der Waals surface area contributed by atoms with Crippen LogP contribution in [-0.4, -0.2) is 41.4 Å². The van der Waals surface area contributed by atoms with Crippen LogP contribution < -0.4 is 0 Å². The van der Waals surface area contributed by atoms with Gasteiger partial charge < -0.3 is 0 Å². The van der Waals surface area contributed by atoms with E-state index in [0.29, 0.717) is 27.8 Å². The Morgan fingerprint density at radius 3 is 1.81 bits per heavy atom. The van der Waals surface area contributed by atoms with Crippen LogP contribution in [0.1, 0.15) is 46.4 Å².